The second-order valence-electron chi connectivity index (χ2n) is 7.49. The van der Waals surface area contributed by atoms with Crippen molar-refractivity contribution in [1.29, 1.82) is 0 Å². The zero-order valence-electron chi connectivity index (χ0n) is 17.0. The van der Waals surface area contributed by atoms with Crippen molar-refractivity contribution < 1.29 is 4.92 Å². The summed E-state index contributed by atoms with van der Waals surface area (Å²) in [6.45, 7) is 17.3. The smallest absolute Gasteiger partial charge is 0.305 e. The first-order chi connectivity index (χ1) is 12.9. The van der Waals surface area contributed by atoms with Crippen LogP contribution in [0.25, 0.3) is 0 Å². The first-order valence-electron chi connectivity index (χ1n) is 9.78. The van der Waals surface area contributed by atoms with E-state index < -0.39 is 4.92 Å². The summed E-state index contributed by atoms with van der Waals surface area (Å²) in [7, 11) is 0. The van der Waals surface area contributed by atoms with Crippen molar-refractivity contribution in [2.75, 3.05) is 57.3 Å². The van der Waals surface area contributed by atoms with Crippen molar-refractivity contribution in [2.45, 2.75) is 39.8 Å². The Bertz CT molecular complexity index is 566. The van der Waals surface area contributed by atoms with E-state index in [4.69, 9.17) is 0 Å². The van der Waals surface area contributed by atoms with E-state index >= 15 is 0 Å². The molecule has 2 aliphatic heterocycles. The lowest BCUT2D eigenvalue weighted by atomic mass is 10.2. The molecular formula is C18H33N7O2. The molecule has 0 aromatic carbocycles. The van der Waals surface area contributed by atoms with E-state index in [0.29, 0.717) is 12.0 Å². The first-order valence-corrected chi connectivity index (χ1v) is 9.78. The molecule has 0 saturated carbocycles. The molecule has 0 aliphatic carbocycles. The van der Waals surface area contributed by atoms with Crippen LogP contribution < -0.4 is 10.2 Å². The SMILES string of the molecule is CC(C)N1CCN(c2ncc([N+](=O)[O-])cn2)CC1.CC(C)N1CCNCC1. The summed E-state index contributed by atoms with van der Waals surface area (Å²) in [5.41, 5.74) is -0.0698. The van der Waals surface area contributed by atoms with Crippen molar-refractivity contribution >= 4 is 11.6 Å². The zero-order valence-corrected chi connectivity index (χ0v) is 17.0. The predicted molar refractivity (Wildman–Crippen MR) is 107 cm³/mol. The van der Waals surface area contributed by atoms with Gasteiger partial charge in [-0.05, 0) is 27.7 Å². The molecule has 0 unspecified atom stereocenters. The molecule has 0 amide bonds. The van der Waals surface area contributed by atoms with E-state index in [1.165, 1.54) is 25.5 Å². The van der Waals surface area contributed by atoms with Crippen LogP contribution in [0.5, 0.6) is 0 Å². The normalized spacial score (nSPS) is 19.1. The number of hydrogen-bond acceptors (Lipinski definition) is 8. The third kappa shape index (κ3) is 6.67. The second-order valence-corrected chi connectivity index (χ2v) is 7.49. The van der Waals surface area contributed by atoms with Crippen LogP contribution in [0.1, 0.15) is 27.7 Å². The van der Waals surface area contributed by atoms with E-state index in [0.717, 1.165) is 45.3 Å². The molecule has 3 rings (SSSR count). The Labute approximate surface area is 161 Å². The summed E-state index contributed by atoms with van der Waals surface area (Å²) < 4.78 is 0. The highest BCUT2D eigenvalue weighted by molar-refractivity contribution is 5.34. The quantitative estimate of drug-likeness (QED) is 0.617. The van der Waals surface area contributed by atoms with Gasteiger partial charge in [-0.25, -0.2) is 9.97 Å². The summed E-state index contributed by atoms with van der Waals surface area (Å²) in [6, 6.07) is 1.28. The Balaban J connectivity index is 0.000000244. The first kappa shape index (κ1) is 21.5. The van der Waals surface area contributed by atoms with Crippen LogP contribution in [-0.4, -0.2) is 89.1 Å². The van der Waals surface area contributed by atoms with E-state index in [-0.39, 0.29) is 5.69 Å². The number of hydrogen-bond donors (Lipinski definition) is 1. The summed E-state index contributed by atoms with van der Waals surface area (Å²) in [6.07, 6.45) is 2.52. The molecule has 2 saturated heterocycles. The molecule has 152 valence electrons. The fourth-order valence-corrected chi connectivity index (χ4v) is 3.21. The molecule has 0 radical (unpaired) electrons. The number of rotatable bonds is 4. The van der Waals surface area contributed by atoms with Gasteiger partial charge >= 0.3 is 5.69 Å². The number of nitro groups is 1. The van der Waals surface area contributed by atoms with Crippen LogP contribution in [0.4, 0.5) is 11.6 Å². The van der Waals surface area contributed by atoms with Gasteiger partial charge in [-0.1, -0.05) is 0 Å². The molecule has 1 aromatic heterocycles. The standard InChI is InChI=1S/C11H17N5O2.C7H16N2/c1-9(2)14-3-5-15(6-4-14)11-12-7-10(8-13-11)16(17)18;1-7(2)9-5-3-8-4-6-9/h7-9H,3-6H2,1-2H3;7-8H,3-6H2,1-2H3. The third-order valence-corrected chi connectivity index (χ3v) is 5.04. The molecule has 9 heteroatoms. The molecular weight excluding hydrogens is 346 g/mol. The van der Waals surface area contributed by atoms with Gasteiger partial charge in [0.05, 0.1) is 4.92 Å². The maximum Gasteiger partial charge on any atom is 0.305 e. The molecule has 27 heavy (non-hydrogen) atoms. The summed E-state index contributed by atoms with van der Waals surface area (Å²) in [5, 5.41) is 13.8. The molecule has 0 spiro atoms. The van der Waals surface area contributed by atoms with Gasteiger partial charge in [0.2, 0.25) is 5.95 Å². The van der Waals surface area contributed by atoms with Crippen molar-refractivity contribution in [3.63, 3.8) is 0 Å². The van der Waals surface area contributed by atoms with E-state index in [2.05, 4.69) is 57.7 Å². The van der Waals surface area contributed by atoms with Crippen molar-refractivity contribution in [3.8, 4) is 0 Å². The highest BCUT2D eigenvalue weighted by atomic mass is 16.6. The van der Waals surface area contributed by atoms with Gasteiger partial charge in [0, 0.05) is 64.4 Å². The molecule has 0 bridgehead atoms. The Morgan fingerprint density at radius 3 is 1.81 bits per heavy atom. The Hall–Kier alpha value is -1.84. The molecule has 0 atom stereocenters. The summed E-state index contributed by atoms with van der Waals surface area (Å²) >= 11 is 0. The van der Waals surface area contributed by atoms with Gasteiger partial charge < -0.3 is 10.2 Å². The Morgan fingerprint density at radius 2 is 1.41 bits per heavy atom. The number of nitrogens with one attached hydrogen (secondary N) is 1. The van der Waals surface area contributed by atoms with Crippen molar-refractivity contribution in [1.82, 2.24) is 25.1 Å². The molecule has 2 aliphatic rings. The highest BCUT2D eigenvalue weighted by Gasteiger charge is 2.21. The van der Waals surface area contributed by atoms with Crippen LogP contribution in [-0.2, 0) is 0 Å². The van der Waals surface area contributed by atoms with Gasteiger partial charge in [0.25, 0.3) is 0 Å². The van der Waals surface area contributed by atoms with E-state index in [1.54, 1.807) is 0 Å². The molecule has 1 N–H and O–H groups in total. The lowest BCUT2D eigenvalue weighted by Gasteiger charge is -2.36. The minimum Gasteiger partial charge on any atom is -0.338 e. The van der Waals surface area contributed by atoms with Gasteiger partial charge in [0.15, 0.2) is 0 Å². The van der Waals surface area contributed by atoms with Crippen LogP contribution >= 0.6 is 0 Å². The minimum atomic E-state index is -0.486. The number of piperazine rings is 2. The second kappa shape index (κ2) is 10.5. The molecule has 1 aromatic rings. The lowest BCUT2D eigenvalue weighted by Crippen LogP contribution is -2.49. The maximum absolute atomic E-state index is 10.5. The average molecular weight is 380 g/mol. The molecule has 3 heterocycles. The third-order valence-electron chi connectivity index (χ3n) is 5.04. The fraction of sp³-hybridized carbons (Fsp3) is 0.778. The monoisotopic (exact) mass is 379 g/mol. The van der Waals surface area contributed by atoms with Crippen molar-refractivity contribution in [3.05, 3.63) is 22.5 Å². The topological polar surface area (TPSA) is 90.7 Å². The summed E-state index contributed by atoms with van der Waals surface area (Å²) in [5.74, 6) is 0.573. The van der Waals surface area contributed by atoms with Gasteiger partial charge in [-0.2, -0.15) is 0 Å². The maximum atomic E-state index is 10.5. The molecule has 2 fully saturated rings. The zero-order chi connectivity index (χ0) is 19.8. The minimum absolute atomic E-state index is 0.0698. The number of anilines is 1. The Kier molecular flexibility index (Phi) is 8.33. The van der Waals surface area contributed by atoms with Crippen LogP contribution in [0.15, 0.2) is 12.4 Å². The van der Waals surface area contributed by atoms with Crippen LogP contribution in [0, 0.1) is 10.1 Å². The van der Waals surface area contributed by atoms with Gasteiger partial charge in [-0.15, -0.1) is 0 Å². The number of aromatic nitrogens is 2. The van der Waals surface area contributed by atoms with Gasteiger partial charge in [0.1, 0.15) is 12.4 Å². The van der Waals surface area contributed by atoms with Gasteiger partial charge in [-0.3, -0.25) is 19.9 Å². The van der Waals surface area contributed by atoms with Crippen LogP contribution in [0.2, 0.25) is 0 Å². The van der Waals surface area contributed by atoms with E-state index in [9.17, 15) is 10.1 Å². The average Bonchev–Trinajstić information content (AvgIpc) is 2.69. The molecule has 9 nitrogen and oxygen atoms in total. The predicted octanol–water partition coefficient (Wildman–Crippen LogP) is 1.22. The van der Waals surface area contributed by atoms with Crippen LogP contribution in [0.3, 0.4) is 0 Å². The number of nitrogens with zero attached hydrogens (tertiary/aromatic N) is 6. The highest BCUT2D eigenvalue weighted by Crippen LogP contribution is 2.14. The fourth-order valence-electron chi connectivity index (χ4n) is 3.21. The van der Waals surface area contributed by atoms with E-state index in [1.807, 2.05) is 0 Å². The summed E-state index contributed by atoms with van der Waals surface area (Å²) in [4.78, 5) is 25.1. The lowest BCUT2D eigenvalue weighted by molar-refractivity contribution is -0.385. The largest absolute Gasteiger partial charge is 0.338 e. The van der Waals surface area contributed by atoms with Crippen molar-refractivity contribution in [2.24, 2.45) is 0 Å². The Morgan fingerprint density at radius 1 is 0.926 bits per heavy atom.